The molecule has 0 radical (unpaired) electrons. The van der Waals surface area contributed by atoms with E-state index in [1.807, 2.05) is 18.7 Å². The Morgan fingerprint density at radius 2 is 1.97 bits per heavy atom. The van der Waals surface area contributed by atoms with Crippen molar-refractivity contribution in [2.24, 2.45) is 23.7 Å². The number of amides is 2. The SMILES string of the molecule is C=CCCCOC(=O)[C@@H]1[C@@H]2CC(C)C3(S2)C(C(=O)N(CC=C)C2CCCCC2)N([C@@H](CO)[C@@H](C)CC)C(=O)[C@H]13. The number of allylic oxidation sites excluding steroid dienone is 1. The van der Waals surface area contributed by atoms with Gasteiger partial charge in [0.2, 0.25) is 11.8 Å². The second kappa shape index (κ2) is 12.8. The maximum absolute atomic E-state index is 14.8. The van der Waals surface area contributed by atoms with Gasteiger partial charge < -0.3 is 19.6 Å². The van der Waals surface area contributed by atoms with E-state index >= 15 is 0 Å². The Bertz CT molecular complexity index is 936. The summed E-state index contributed by atoms with van der Waals surface area (Å²) in [6, 6.07) is -1.08. The number of fused-ring (bicyclic) bond motifs is 1. The fourth-order valence-corrected chi connectivity index (χ4v) is 10.2. The van der Waals surface area contributed by atoms with Crippen molar-refractivity contribution in [3.63, 3.8) is 0 Å². The maximum atomic E-state index is 14.8. The molecule has 4 fully saturated rings. The van der Waals surface area contributed by atoms with Crippen molar-refractivity contribution in [3.05, 3.63) is 25.3 Å². The molecule has 2 amide bonds. The van der Waals surface area contributed by atoms with E-state index in [0.717, 1.165) is 44.9 Å². The van der Waals surface area contributed by atoms with Crippen LogP contribution in [0.15, 0.2) is 25.3 Å². The van der Waals surface area contributed by atoms with Gasteiger partial charge in [-0.15, -0.1) is 24.9 Å². The molecule has 3 heterocycles. The first-order chi connectivity index (χ1) is 18.8. The minimum Gasteiger partial charge on any atom is -0.465 e. The van der Waals surface area contributed by atoms with Crippen LogP contribution in [0.5, 0.6) is 0 Å². The van der Waals surface area contributed by atoms with Crippen LogP contribution in [0.2, 0.25) is 0 Å². The zero-order valence-electron chi connectivity index (χ0n) is 24.1. The van der Waals surface area contributed by atoms with Crippen LogP contribution in [0.1, 0.15) is 78.6 Å². The molecule has 7 nitrogen and oxygen atoms in total. The van der Waals surface area contributed by atoms with Crippen LogP contribution in [0.4, 0.5) is 0 Å². The van der Waals surface area contributed by atoms with Crippen LogP contribution < -0.4 is 0 Å². The van der Waals surface area contributed by atoms with Gasteiger partial charge in [0, 0.05) is 17.8 Å². The number of esters is 1. The summed E-state index contributed by atoms with van der Waals surface area (Å²) in [6.45, 7) is 14.4. The zero-order valence-corrected chi connectivity index (χ0v) is 24.9. The lowest BCUT2D eigenvalue weighted by Crippen LogP contribution is -2.61. The van der Waals surface area contributed by atoms with Crippen LogP contribution in [0, 0.1) is 23.7 Å². The number of rotatable bonds is 13. The number of ether oxygens (including phenoxy) is 1. The zero-order chi connectivity index (χ0) is 28.3. The van der Waals surface area contributed by atoms with Crippen molar-refractivity contribution in [2.75, 3.05) is 19.8 Å². The number of carbonyl (C=O) groups excluding carboxylic acids is 3. The van der Waals surface area contributed by atoms with Crippen LogP contribution in [0.3, 0.4) is 0 Å². The lowest BCUT2D eigenvalue weighted by atomic mass is 9.66. The first kappa shape index (κ1) is 30.2. The molecule has 1 aliphatic carbocycles. The molecule has 1 spiro atoms. The van der Waals surface area contributed by atoms with E-state index < -0.39 is 28.7 Å². The standard InChI is InChI=1S/C31H48N2O5S/c1-6-9-13-17-38-30(37)25-24-18-21(5)31(39-24)26(25)28(35)33(23(19-34)20(4)8-3)27(31)29(36)32(16-7-2)22-14-11-10-12-15-22/h6-7,20-27,34H,1-2,8-19H2,3-5H3/t20-,21?,23-,24-,25+,26-,27?,31?/m0/s1. The second-order valence-electron chi connectivity index (χ2n) is 12.1. The molecule has 8 heteroatoms. The number of carbonyl (C=O) groups is 3. The highest BCUT2D eigenvalue weighted by Crippen LogP contribution is 2.69. The fraction of sp³-hybridized carbons (Fsp3) is 0.774. The number of hydrogen-bond donors (Lipinski definition) is 1. The molecule has 0 aromatic rings. The Labute approximate surface area is 238 Å². The average Bonchev–Trinajstić information content (AvgIpc) is 3.54. The molecule has 39 heavy (non-hydrogen) atoms. The van der Waals surface area contributed by atoms with Gasteiger partial charge in [-0.3, -0.25) is 14.4 Å². The Balaban J connectivity index is 1.76. The highest BCUT2D eigenvalue weighted by atomic mass is 32.2. The monoisotopic (exact) mass is 560 g/mol. The van der Waals surface area contributed by atoms with Gasteiger partial charge in [-0.05, 0) is 43.9 Å². The third kappa shape index (κ3) is 5.20. The summed E-state index contributed by atoms with van der Waals surface area (Å²) in [5.74, 6) is -1.62. The van der Waals surface area contributed by atoms with Gasteiger partial charge in [0.25, 0.3) is 0 Å². The summed E-state index contributed by atoms with van der Waals surface area (Å²) in [4.78, 5) is 46.4. The molecule has 1 N–H and O–H groups in total. The van der Waals surface area contributed by atoms with Gasteiger partial charge in [0.15, 0.2) is 0 Å². The van der Waals surface area contributed by atoms with E-state index in [9.17, 15) is 19.5 Å². The number of hydrogen-bond acceptors (Lipinski definition) is 6. The predicted octanol–water partition coefficient (Wildman–Crippen LogP) is 4.59. The molecule has 2 bridgehead atoms. The lowest BCUT2D eigenvalue weighted by molar-refractivity contribution is -0.155. The van der Waals surface area contributed by atoms with E-state index in [0.29, 0.717) is 19.6 Å². The molecule has 3 aliphatic heterocycles. The summed E-state index contributed by atoms with van der Waals surface area (Å²) in [6.07, 6.45) is 11.9. The summed E-state index contributed by atoms with van der Waals surface area (Å²) >= 11 is 1.68. The van der Waals surface area contributed by atoms with Crippen molar-refractivity contribution >= 4 is 29.5 Å². The van der Waals surface area contributed by atoms with Gasteiger partial charge in [0.05, 0.1) is 35.8 Å². The molecule has 0 aromatic heterocycles. The van der Waals surface area contributed by atoms with Crippen LogP contribution >= 0.6 is 11.8 Å². The molecule has 3 saturated heterocycles. The van der Waals surface area contributed by atoms with Crippen molar-refractivity contribution in [1.29, 1.82) is 0 Å². The third-order valence-corrected chi connectivity index (χ3v) is 12.0. The van der Waals surface area contributed by atoms with Gasteiger partial charge in [0.1, 0.15) is 6.04 Å². The molecular formula is C31H48N2O5S. The molecule has 8 atom stereocenters. The lowest BCUT2D eigenvalue weighted by Gasteiger charge is -2.45. The molecule has 3 unspecified atom stereocenters. The summed E-state index contributed by atoms with van der Waals surface area (Å²) in [7, 11) is 0. The second-order valence-corrected chi connectivity index (χ2v) is 13.7. The highest BCUT2D eigenvalue weighted by molar-refractivity contribution is 8.02. The topological polar surface area (TPSA) is 87.2 Å². The molecule has 0 aromatic carbocycles. The van der Waals surface area contributed by atoms with E-state index in [1.54, 1.807) is 28.8 Å². The number of aliphatic hydroxyl groups is 1. The number of unbranched alkanes of at least 4 members (excludes halogenated alkanes) is 1. The first-order valence-electron chi connectivity index (χ1n) is 15.1. The van der Waals surface area contributed by atoms with Crippen LogP contribution in [-0.4, -0.2) is 80.6 Å². The molecule has 4 rings (SSSR count). The maximum Gasteiger partial charge on any atom is 0.310 e. The number of nitrogens with zero attached hydrogens (tertiary/aromatic N) is 2. The molecule has 218 valence electrons. The Morgan fingerprint density at radius 1 is 1.26 bits per heavy atom. The van der Waals surface area contributed by atoms with Crippen molar-refractivity contribution in [1.82, 2.24) is 9.80 Å². The van der Waals surface area contributed by atoms with Crippen molar-refractivity contribution in [2.45, 2.75) is 107 Å². The fourth-order valence-electron chi connectivity index (χ4n) is 7.78. The van der Waals surface area contributed by atoms with Crippen LogP contribution in [-0.2, 0) is 19.1 Å². The molecule has 1 saturated carbocycles. The van der Waals surface area contributed by atoms with Crippen molar-refractivity contribution < 1.29 is 24.2 Å². The number of likely N-dealkylation sites (tertiary alicyclic amines) is 1. The predicted molar refractivity (Wildman–Crippen MR) is 155 cm³/mol. The average molecular weight is 561 g/mol. The summed E-state index contributed by atoms with van der Waals surface area (Å²) in [5, 5.41) is 10.5. The Morgan fingerprint density at radius 3 is 2.59 bits per heavy atom. The minimum absolute atomic E-state index is 0.00817. The summed E-state index contributed by atoms with van der Waals surface area (Å²) < 4.78 is 5.00. The Hall–Kier alpha value is -1.80. The highest BCUT2D eigenvalue weighted by Gasteiger charge is 2.77. The largest absolute Gasteiger partial charge is 0.465 e. The van der Waals surface area contributed by atoms with Gasteiger partial charge in [-0.25, -0.2) is 0 Å². The van der Waals surface area contributed by atoms with Gasteiger partial charge in [-0.1, -0.05) is 58.6 Å². The van der Waals surface area contributed by atoms with E-state index in [4.69, 9.17) is 4.74 Å². The van der Waals surface area contributed by atoms with Crippen LogP contribution in [0.25, 0.3) is 0 Å². The first-order valence-corrected chi connectivity index (χ1v) is 16.0. The number of aliphatic hydroxyl groups excluding tert-OH is 1. The normalized spacial score (nSPS) is 33.5. The van der Waals surface area contributed by atoms with Gasteiger partial charge in [-0.2, -0.15) is 0 Å². The molecule has 4 aliphatic rings. The van der Waals surface area contributed by atoms with E-state index in [2.05, 4.69) is 20.1 Å². The Kier molecular flexibility index (Phi) is 9.90. The minimum atomic E-state index is -0.716. The third-order valence-electron chi connectivity index (χ3n) is 9.96. The van der Waals surface area contributed by atoms with E-state index in [-0.39, 0.29) is 47.5 Å². The number of thioether (sulfide) groups is 1. The van der Waals surface area contributed by atoms with Crippen molar-refractivity contribution in [3.8, 4) is 0 Å². The smallest absolute Gasteiger partial charge is 0.310 e. The molecular weight excluding hydrogens is 512 g/mol. The summed E-state index contributed by atoms with van der Waals surface area (Å²) in [5.41, 5.74) is 0. The van der Waals surface area contributed by atoms with E-state index in [1.165, 1.54) is 6.42 Å². The quantitative estimate of drug-likeness (QED) is 0.202. The van der Waals surface area contributed by atoms with Gasteiger partial charge >= 0.3 is 5.97 Å².